The molecule has 1 atom stereocenters. The Labute approximate surface area is 84.6 Å². The van der Waals surface area contributed by atoms with E-state index in [4.69, 9.17) is 5.11 Å². The van der Waals surface area contributed by atoms with E-state index in [1.54, 1.807) is 6.07 Å². The van der Waals surface area contributed by atoms with Crippen LogP contribution in [0.3, 0.4) is 0 Å². The topological polar surface area (TPSA) is 20.2 Å². The number of aliphatic hydroxyl groups excluding tert-OH is 1. The number of rotatable bonds is 3. The number of hydrogen-bond donors (Lipinski definition) is 1. The zero-order valence-electron chi connectivity index (χ0n) is 8.92. The van der Waals surface area contributed by atoms with Crippen LogP contribution in [0.25, 0.3) is 0 Å². The third kappa shape index (κ3) is 2.32. The van der Waals surface area contributed by atoms with E-state index in [2.05, 4.69) is 20.8 Å². The molecule has 0 aliphatic heterocycles. The fourth-order valence-electron chi connectivity index (χ4n) is 1.49. The van der Waals surface area contributed by atoms with Crippen molar-refractivity contribution in [2.24, 2.45) is 5.92 Å². The second-order valence-corrected chi connectivity index (χ2v) is 4.03. The monoisotopic (exact) mass is 196 g/mol. The average Bonchev–Trinajstić information content (AvgIpc) is 2.16. The van der Waals surface area contributed by atoms with Crippen molar-refractivity contribution in [2.75, 3.05) is 0 Å². The molecule has 0 radical (unpaired) electrons. The number of aliphatic hydroxyl groups is 1. The Bertz CT molecular complexity index is 307. The lowest BCUT2D eigenvalue weighted by molar-refractivity contribution is 0.279. The zero-order valence-corrected chi connectivity index (χ0v) is 8.92. The summed E-state index contributed by atoms with van der Waals surface area (Å²) in [6.07, 6.45) is 0. The largest absolute Gasteiger partial charge is 0.392 e. The Morgan fingerprint density at radius 2 is 1.93 bits per heavy atom. The van der Waals surface area contributed by atoms with Crippen molar-refractivity contribution in [1.29, 1.82) is 0 Å². The Kier molecular flexibility index (Phi) is 3.64. The highest BCUT2D eigenvalue weighted by molar-refractivity contribution is 5.30. The van der Waals surface area contributed by atoms with Crippen molar-refractivity contribution < 1.29 is 9.50 Å². The molecular weight excluding hydrogens is 179 g/mol. The Morgan fingerprint density at radius 1 is 1.29 bits per heavy atom. The van der Waals surface area contributed by atoms with Gasteiger partial charge in [-0.15, -0.1) is 0 Å². The minimum absolute atomic E-state index is 0.0212. The molecule has 1 unspecified atom stereocenters. The van der Waals surface area contributed by atoms with Crippen LogP contribution in [0.4, 0.5) is 4.39 Å². The van der Waals surface area contributed by atoms with Gasteiger partial charge in [0.2, 0.25) is 0 Å². The Hall–Kier alpha value is -0.890. The molecule has 1 aromatic carbocycles. The summed E-state index contributed by atoms with van der Waals surface area (Å²) in [5.74, 6) is 0.486. The maximum Gasteiger partial charge on any atom is 0.123 e. The minimum Gasteiger partial charge on any atom is -0.392 e. The van der Waals surface area contributed by atoms with Crippen molar-refractivity contribution in [2.45, 2.75) is 33.3 Å². The van der Waals surface area contributed by atoms with Crippen molar-refractivity contribution in [3.8, 4) is 0 Å². The predicted octanol–water partition coefficient (Wildman–Crippen LogP) is 3.08. The lowest BCUT2D eigenvalue weighted by atomic mass is 9.87. The molecule has 0 amide bonds. The lowest BCUT2D eigenvalue weighted by Gasteiger charge is -2.19. The van der Waals surface area contributed by atoms with Gasteiger partial charge in [0.1, 0.15) is 5.82 Å². The van der Waals surface area contributed by atoms with E-state index >= 15 is 0 Å². The highest BCUT2D eigenvalue weighted by atomic mass is 19.1. The van der Waals surface area contributed by atoms with Crippen LogP contribution in [-0.4, -0.2) is 5.11 Å². The molecule has 0 bridgehead atoms. The molecule has 1 N–H and O–H groups in total. The smallest absolute Gasteiger partial charge is 0.123 e. The first kappa shape index (κ1) is 11.2. The molecule has 2 heteroatoms. The molecule has 0 heterocycles. The highest BCUT2D eigenvalue weighted by Gasteiger charge is 2.14. The maximum atomic E-state index is 13.0. The van der Waals surface area contributed by atoms with E-state index in [1.165, 1.54) is 12.1 Å². The summed E-state index contributed by atoms with van der Waals surface area (Å²) in [6, 6.07) is 4.57. The van der Waals surface area contributed by atoms with Gasteiger partial charge in [0, 0.05) is 0 Å². The highest BCUT2D eigenvalue weighted by Crippen LogP contribution is 2.27. The summed E-state index contributed by atoms with van der Waals surface area (Å²) < 4.78 is 13.0. The molecule has 78 valence electrons. The SMILES string of the molecule is CC(C)C(C)c1cc(F)ccc1CO. The van der Waals surface area contributed by atoms with Gasteiger partial charge in [-0.1, -0.05) is 26.8 Å². The fourth-order valence-corrected chi connectivity index (χ4v) is 1.49. The van der Waals surface area contributed by atoms with Crippen molar-refractivity contribution >= 4 is 0 Å². The molecule has 0 spiro atoms. The normalized spacial score (nSPS) is 13.3. The van der Waals surface area contributed by atoms with Gasteiger partial charge in [0.05, 0.1) is 6.61 Å². The van der Waals surface area contributed by atoms with Crippen LogP contribution >= 0.6 is 0 Å². The maximum absolute atomic E-state index is 13.0. The van der Waals surface area contributed by atoms with Gasteiger partial charge in [0.15, 0.2) is 0 Å². The van der Waals surface area contributed by atoms with Crippen LogP contribution < -0.4 is 0 Å². The summed E-state index contributed by atoms with van der Waals surface area (Å²) in [6.45, 7) is 6.22. The summed E-state index contributed by atoms with van der Waals surface area (Å²) in [7, 11) is 0. The molecule has 0 aromatic heterocycles. The van der Waals surface area contributed by atoms with Gasteiger partial charge < -0.3 is 5.11 Å². The van der Waals surface area contributed by atoms with Gasteiger partial charge in [0.25, 0.3) is 0 Å². The number of hydrogen-bond acceptors (Lipinski definition) is 1. The first-order chi connectivity index (χ1) is 6.56. The van der Waals surface area contributed by atoms with Crippen LogP contribution in [0.2, 0.25) is 0 Å². The predicted molar refractivity (Wildman–Crippen MR) is 55.6 cm³/mol. The molecule has 0 aliphatic carbocycles. The first-order valence-corrected chi connectivity index (χ1v) is 4.95. The molecule has 0 aliphatic rings. The van der Waals surface area contributed by atoms with Crippen molar-refractivity contribution in [1.82, 2.24) is 0 Å². The molecule has 14 heavy (non-hydrogen) atoms. The molecular formula is C12H17FO. The zero-order chi connectivity index (χ0) is 10.7. The van der Waals surface area contributed by atoms with Crippen LogP contribution in [0.5, 0.6) is 0 Å². The van der Waals surface area contributed by atoms with Crippen LogP contribution in [0.1, 0.15) is 37.8 Å². The van der Waals surface area contributed by atoms with Crippen molar-refractivity contribution in [3.05, 3.63) is 35.1 Å². The third-order valence-electron chi connectivity index (χ3n) is 2.77. The van der Waals surface area contributed by atoms with Crippen molar-refractivity contribution in [3.63, 3.8) is 0 Å². The first-order valence-electron chi connectivity index (χ1n) is 4.95. The minimum atomic E-state index is -0.232. The number of halogens is 1. The van der Waals surface area contributed by atoms with Crippen LogP contribution in [0.15, 0.2) is 18.2 Å². The third-order valence-corrected chi connectivity index (χ3v) is 2.77. The Morgan fingerprint density at radius 3 is 2.43 bits per heavy atom. The molecule has 0 saturated heterocycles. The van der Waals surface area contributed by atoms with Crippen LogP contribution in [-0.2, 0) is 6.61 Å². The molecule has 1 aromatic rings. The number of benzene rings is 1. The van der Waals surface area contributed by atoms with Gasteiger partial charge >= 0.3 is 0 Å². The molecule has 0 fully saturated rings. The van der Waals surface area contributed by atoms with E-state index in [1.807, 2.05) is 0 Å². The van der Waals surface area contributed by atoms with Crippen LogP contribution in [0, 0.1) is 11.7 Å². The summed E-state index contributed by atoms with van der Waals surface area (Å²) in [5.41, 5.74) is 1.75. The van der Waals surface area contributed by atoms with E-state index in [9.17, 15) is 4.39 Å². The Balaban J connectivity index is 3.10. The average molecular weight is 196 g/mol. The second-order valence-electron chi connectivity index (χ2n) is 4.03. The quantitative estimate of drug-likeness (QED) is 0.787. The fraction of sp³-hybridized carbons (Fsp3) is 0.500. The second kappa shape index (κ2) is 4.56. The van der Waals surface area contributed by atoms with Gasteiger partial charge in [-0.25, -0.2) is 4.39 Å². The van der Waals surface area contributed by atoms with Gasteiger partial charge in [-0.05, 0) is 35.1 Å². The van der Waals surface area contributed by atoms with Gasteiger partial charge in [-0.3, -0.25) is 0 Å². The lowest BCUT2D eigenvalue weighted by Crippen LogP contribution is -2.06. The summed E-state index contributed by atoms with van der Waals surface area (Å²) in [4.78, 5) is 0. The standard InChI is InChI=1S/C12H17FO/c1-8(2)9(3)12-6-11(13)5-4-10(12)7-14/h4-6,8-9,14H,7H2,1-3H3. The summed E-state index contributed by atoms with van der Waals surface area (Å²) in [5, 5.41) is 9.12. The molecule has 1 nitrogen and oxygen atoms in total. The van der Waals surface area contributed by atoms with Gasteiger partial charge in [-0.2, -0.15) is 0 Å². The van der Waals surface area contributed by atoms with E-state index in [0.717, 1.165) is 11.1 Å². The van der Waals surface area contributed by atoms with E-state index in [0.29, 0.717) is 5.92 Å². The van der Waals surface area contributed by atoms with E-state index in [-0.39, 0.29) is 18.3 Å². The molecule has 1 rings (SSSR count). The van der Waals surface area contributed by atoms with E-state index < -0.39 is 0 Å². The summed E-state index contributed by atoms with van der Waals surface area (Å²) >= 11 is 0. The molecule has 0 saturated carbocycles.